The van der Waals surface area contributed by atoms with E-state index < -0.39 is 0 Å². The predicted octanol–water partition coefficient (Wildman–Crippen LogP) is 2.61. The zero-order valence-electron chi connectivity index (χ0n) is 10.5. The van der Waals surface area contributed by atoms with Gasteiger partial charge >= 0.3 is 0 Å². The molecule has 2 rings (SSSR count). The van der Waals surface area contributed by atoms with E-state index in [4.69, 9.17) is 4.74 Å². The average molecular weight is 310 g/mol. The van der Waals surface area contributed by atoms with E-state index in [-0.39, 0.29) is 0 Å². The molecule has 0 saturated carbocycles. The molecule has 1 aromatic heterocycles. The number of nitrogens with one attached hydrogen (secondary N) is 2. The van der Waals surface area contributed by atoms with Gasteiger partial charge in [0.25, 0.3) is 0 Å². The van der Waals surface area contributed by atoms with Crippen molar-refractivity contribution in [2.24, 2.45) is 0 Å². The van der Waals surface area contributed by atoms with Crippen LogP contribution in [-0.2, 0) is 6.42 Å². The molecule has 5 heteroatoms. The standard InChI is InChI=1S/C13H16BrN3O/c1-15-6-5-13-16-8-11(17-13)10-7-9(14)3-4-12(10)18-2/h3-4,7-8,15H,5-6H2,1-2H3,(H,16,17). The van der Waals surface area contributed by atoms with Crippen LogP contribution in [0.1, 0.15) is 5.82 Å². The molecule has 0 fully saturated rings. The van der Waals surface area contributed by atoms with Crippen molar-refractivity contribution in [2.75, 3.05) is 20.7 Å². The normalized spacial score (nSPS) is 10.6. The quantitative estimate of drug-likeness (QED) is 0.892. The topological polar surface area (TPSA) is 49.9 Å². The molecular formula is C13H16BrN3O. The van der Waals surface area contributed by atoms with E-state index in [1.165, 1.54) is 0 Å². The number of hydrogen-bond donors (Lipinski definition) is 2. The second kappa shape index (κ2) is 6.02. The van der Waals surface area contributed by atoms with Crippen LogP contribution in [0.5, 0.6) is 5.75 Å². The Balaban J connectivity index is 2.30. The summed E-state index contributed by atoms with van der Waals surface area (Å²) in [6.45, 7) is 0.905. The number of nitrogens with zero attached hydrogens (tertiary/aromatic N) is 1. The van der Waals surface area contributed by atoms with Gasteiger partial charge in [0.2, 0.25) is 0 Å². The first-order valence-corrected chi connectivity index (χ1v) is 6.56. The van der Waals surface area contributed by atoms with E-state index in [0.717, 1.165) is 40.3 Å². The molecule has 2 N–H and O–H groups in total. The number of benzene rings is 1. The van der Waals surface area contributed by atoms with Crippen molar-refractivity contribution in [3.63, 3.8) is 0 Å². The van der Waals surface area contributed by atoms with Gasteiger partial charge in [0.1, 0.15) is 11.6 Å². The van der Waals surface area contributed by atoms with E-state index in [9.17, 15) is 0 Å². The number of halogens is 1. The zero-order valence-corrected chi connectivity index (χ0v) is 12.0. The van der Waals surface area contributed by atoms with Crippen molar-refractivity contribution < 1.29 is 4.74 Å². The predicted molar refractivity (Wildman–Crippen MR) is 75.9 cm³/mol. The molecule has 0 saturated heterocycles. The highest BCUT2D eigenvalue weighted by atomic mass is 79.9. The Morgan fingerprint density at radius 1 is 1.44 bits per heavy atom. The first kappa shape index (κ1) is 13.1. The van der Waals surface area contributed by atoms with E-state index in [0.29, 0.717) is 0 Å². The Bertz CT molecular complexity index is 525. The van der Waals surface area contributed by atoms with Crippen LogP contribution in [0.3, 0.4) is 0 Å². The third-order valence-corrected chi connectivity index (χ3v) is 3.19. The van der Waals surface area contributed by atoms with Crippen LogP contribution in [0.25, 0.3) is 11.3 Å². The lowest BCUT2D eigenvalue weighted by molar-refractivity contribution is 0.416. The van der Waals surface area contributed by atoms with E-state index in [1.807, 2.05) is 31.4 Å². The summed E-state index contributed by atoms with van der Waals surface area (Å²) in [5, 5.41) is 3.10. The Morgan fingerprint density at radius 2 is 2.28 bits per heavy atom. The highest BCUT2D eigenvalue weighted by Crippen LogP contribution is 2.31. The van der Waals surface area contributed by atoms with Gasteiger partial charge < -0.3 is 15.0 Å². The summed E-state index contributed by atoms with van der Waals surface area (Å²) in [6.07, 6.45) is 2.72. The Morgan fingerprint density at radius 3 is 3.00 bits per heavy atom. The van der Waals surface area contributed by atoms with Gasteiger partial charge in [0.05, 0.1) is 19.0 Å². The summed E-state index contributed by atoms with van der Waals surface area (Å²) in [4.78, 5) is 7.68. The van der Waals surface area contributed by atoms with Crippen LogP contribution in [0, 0.1) is 0 Å². The van der Waals surface area contributed by atoms with Gasteiger partial charge in [-0.2, -0.15) is 0 Å². The fraction of sp³-hybridized carbons (Fsp3) is 0.308. The lowest BCUT2D eigenvalue weighted by atomic mass is 10.1. The van der Waals surface area contributed by atoms with Crippen molar-refractivity contribution in [2.45, 2.75) is 6.42 Å². The molecule has 0 aliphatic heterocycles. The lowest BCUT2D eigenvalue weighted by Gasteiger charge is -2.06. The number of methoxy groups -OCH3 is 1. The number of H-pyrrole nitrogens is 1. The number of ether oxygens (including phenoxy) is 1. The Hall–Kier alpha value is -1.33. The molecule has 0 amide bonds. The highest BCUT2D eigenvalue weighted by Gasteiger charge is 2.09. The van der Waals surface area contributed by atoms with Gasteiger partial charge in [-0.25, -0.2) is 4.98 Å². The maximum atomic E-state index is 5.36. The van der Waals surface area contributed by atoms with Crippen molar-refractivity contribution in [3.8, 4) is 17.0 Å². The molecule has 0 aliphatic rings. The molecule has 96 valence electrons. The summed E-state index contributed by atoms with van der Waals surface area (Å²) < 4.78 is 6.38. The molecule has 1 aromatic carbocycles. The number of rotatable bonds is 5. The van der Waals surface area contributed by atoms with E-state index >= 15 is 0 Å². The summed E-state index contributed by atoms with van der Waals surface area (Å²) in [5.74, 6) is 1.81. The third kappa shape index (κ3) is 2.91. The van der Waals surface area contributed by atoms with Crippen molar-refractivity contribution in [3.05, 3.63) is 34.7 Å². The van der Waals surface area contributed by atoms with Crippen LogP contribution in [0.15, 0.2) is 28.9 Å². The SMILES string of the molecule is CNCCc1ncc(-c2cc(Br)ccc2OC)[nH]1. The zero-order chi connectivity index (χ0) is 13.0. The second-order valence-corrected chi connectivity index (χ2v) is 4.86. The number of aromatic amines is 1. The van der Waals surface area contributed by atoms with Gasteiger partial charge in [-0.05, 0) is 25.2 Å². The number of likely N-dealkylation sites (N-methyl/N-ethyl adjacent to an activating group) is 1. The van der Waals surface area contributed by atoms with Gasteiger partial charge in [0.15, 0.2) is 0 Å². The summed E-state index contributed by atoms with van der Waals surface area (Å²) in [7, 11) is 3.60. The molecule has 0 aliphatic carbocycles. The number of aromatic nitrogens is 2. The van der Waals surface area contributed by atoms with Gasteiger partial charge in [0, 0.05) is 23.0 Å². The largest absolute Gasteiger partial charge is 0.496 e. The number of imidazole rings is 1. The minimum absolute atomic E-state index is 0.835. The molecule has 1 heterocycles. The molecular weight excluding hydrogens is 294 g/mol. The van der Waals surface area contributed by atoms with Gasteiger partial charge in [-0.15, -0.1) is 0 Å². The fourth-order valence-electron chi connectivity index (χ4n) is 1.76. The smallest absolute Gasteiger partial charge is 0.128 e. The maximum Gasteiger partial charge on any atom is 0.128 e. The first-order chi connectivity index (χ1) is 8.74. The lowest BCUT2D eigenvalue weighted by Crippen LogP contribution is -2.11. The third-order valence-electron chi connectivity index (χ3n) is 2.69. The number of hydrogen-bond acceptors (Lipinski definition) is 3. The molecule has 0 bridgehead atoms. The Labute approximate surface area is 115 Å². The van der Waals surface area contributed by atoms with Crippen molar-refractivity contribution >= 4 is 15.9 Å². The minimum Gasteiger partial charge on any atom is -0.496 e. The van der Waals surface area contributed by atoms with E-state index in [2.05, 4.69) is 31.2 Å². The minimum atomic E-state index is 0.835. The Kier molecular flexibility index (Phi) is 4.38. The monoisotopic (exact) mass is 309 g/mol. The average Bonchev–Trinajstić information content (AvgIpc) is 2.85. The molecule has 2 aromatic rings. The highest BCUT2D eigenvalue weighted by molar-refractivity contribution is 9.10. The van der Waals surface area contributed by atoms with Crippen LogP contribution in [0.4, 0.5) is 0 Å². The van der Waals surface area contributed by atoms with Crippen LogP contribution in [-0.4, -0.2) is 30.7 Å². The van der Waals surface area contributed by atoms with Crippen LogP contribution >= 0.6 is 15.9 Å². The van der Waals surface area contributed by atoms with Crippen LogP contribution in [0.2, 0.25) is 0 Å². The van der Waals surface area contributed by atoms with Crippen molar-refractivity contribution in [1.82, 2.24) is 15.3 Å². The molecule has 0 atom stereocenters. The maximum absolute atomic E-state index is 5.36. The van der Waals surface area contributed by atoms with Gasteiger partial charge in [-0.1, -0.05) is 15.9 Å². The van der Waals surface area contributed by atoms with Gasteiger partial charge in [-0.3, -0.25) is 0 Å². The summed E-state index contributed by atoms with van der Waals surface area (Å²) >= 11 is 3.47. The summed E-state index contributed by atoms with van der Waals surface area (Å²) in [6, 6.07) is 5.92. The molecule has 0 radical (unpaired) electrons. The first-order valence-electron chi connectivity index (χ1n) is 5.77. The molecule has 18 heavy (non-hydrogen) atoms. The fourth-order valence-corrected chi connectivity index (χ4v) is 2.12. The van der Waals surface area contributed by atoms with Crippen LogP contribution < -0.4 is 10.1 Å². The second-order valence-electron chi connectivity index (χ2n) is 3.94. The molecule has 0 unspecified atom stereocenters. The molecule has 4 nitrogen and oxygen atoms in total. The molecule has 0 spiro atoms. The van der Waals surface area contributed by atoms with Crippen molar-refractivity contribution in [1.29, 1.82) is 0 Å². The van der Waals surface area contributed by atoms with E-state index in [1.54, 1.807) is 7.11 Å². The summed E-state index contributed by atoms with van der Waals surface area (Å²) in [5.41, 5.74) is 1.98.